The Kier molecular flexibility index (Phi) is 7.26. The first-order valence-corrected chi connectivity index (χ1v) is 12.8. The summed E-state index contributed by atoms with van der Waals surface area (Å²) in [5.74, 6) is -0.218. The molecular formula is C21H24N6O4S2. The predicted octanol–water partition coefficient (Wildman–Crippen LogP) is 2.41. The average molecular weight is 489 g/mol. The highest BCUT2D eigenvalue weighted by Crippen LogP contribution is 2.24. The van der Waals surface area contributed by atoms with Gasteiger partial charge in [-0.3, -0.25) is 9.10 Å². The van der Waals surface area contributed by atoms with Gasteiger partial charge in [-0.25, -0.2) is 13.1 Å². The highest BCUT2D eigenvalue weighted by molar-refractivity contribution is 7.99. The second kappa shape index (κ2) is 10.3. The van der Waals surface area contributed by atoms with Crippen LogP contribution in [-0.2, 0) is 26.1 Å². The van der Waals surface area contributed by atoms with Gasteiger partial charge >= 0.3 is 0 Å². The van der Waals surface area contributed by atoms with Gasteiger partial charge in [0.05, 0.1) is 29.0 Å². The zero-order valence-corrected chi connectivity index (χ0v) is 19.6. The molecule has 1 amide bonds. The number of carbonyl (C=O) groups is 1. The number of sulfonamides is 1. The van der Waals surface area contributed by atoms with E-state index in [2.05, 4.69) is 20.8 Å². The van der Waals surface area contributed by atoms with Crippen LogP contribution in [0.5, 0.6) is 0 Å². The number of hydrogen-bond acceptors (Lipinski definition) is 8. The van der Waals surface area contributed by atoms with Crippen LogP contribution in [0.25, 0.3) is 0 Å². The quantitative estimate of drug-likeness (QED) is 0.456. The van der Waals surface area contributed by atoms with Gasteiger partial charge in [0.2, 0.25) is 11.1 Å². The van der Waals surface area contributed by atoms with Crippen molar-refractivity contribution in [1.82, 2.24) is 20.2 Å². The molecule has 0 saturated carbocycles. The third-order valence-corrected chi connectivity index (χ3v) is 7.87. The summed E-state index contributed by atoms with van der Waals surface area (Å²) in [6.07, 6.45) is 2.07. The summed E-state index contributed by atoms with van der Waals surface area (Å²) >= 11 is 1.21. The molecule has 33 heavy (non-hydrogen) atoms. The Labute approximate surface area is 196 Å². The van der Waals surface area contributed by atoms with Gasteiger partial charge in [0.15, 0.2) is 0 Å². The van der Waals surface area contributed by atoms with E-state index in [-0.39, 0.29) is 22.7 Å². The molecule has 3 aromatic rings. The molecule has 174 valence electrons. The monoisotopic (exact) mass is 488 g/mol. The van der Waals surface area contributed by atoms with Crippen LogP contribution >= 0.6 is 11.8 Å². The van der Waals surface area contributed by atoms with Gasteiger partial charge < -0.3 is 10.1 Å². The van der Waals surface area contributed by atoms with Crippen LogP contribution in [-0.4, -0.2) is 60.0 Å². The van der Waals surface area contributed by atoms with E-state index >= 15 is 0 Å². The minimum absolute atomic E-state index is 0.0762. The van der Waals surface area contributed by atoms with E-state index < -0.39 is 10.0 Å². The Bertz CT molecular complexity index is 1200. The molecule has 0 bridgehead atoms. The zero-order chi connectivity index (χ0) is 23.3. The summed E-state index contributed by atoms with van der Waals surface area (Å²) < 4.78 is 34.5. The Morgan fingerprint density at radius 2 is 2.06 bits per heavy atom. The van der Waals surface area contributed by atoms with Crippen LogP contribution in [0.1, 0.15) is 12.8 Å². The first-order chi connectivity index (χ1) is 15.9. The van der Waals surface area contributed by atoms with Crippen molar-refractivity contribution in [3.8, 4) is 0 Å². The fraction of sp³-hybridized carbons (Fsp3) is 0.333. The molecule has 1 aliphatic heterocycles. The Morgan fingerprint density at radius 1 is 1.24 bits per heavy atom. The molecule has 2 heterocycles. The minimum atomic E-state index is -3.78. The number of rotatable bonds is 9. The Hall–Kier alpha value is -2.96. The largest absolute Gasteiger partial charge is 0.376 e. The lowest BCUT2D eigenvalue weighted by Crippen LogP contribution is -2.26. The van der Waals surface area contributed by atoms with Crippen molar-refractivity contribution < 1.29 is 17.9 Å². The number of anilines is 2. The van der Waals surface area contributed by atoms with Crippen molar-refractivity contribution in [3.63, 3.8) is 0 Å². The van der Waals surface area contributed by atoms with Crippen molar-refractivity contribution in [2.24, 2.45) is 0 Å². The fourth-order valence-electron chi connectivity index (χ4n) is 3.39. The molecule has 10 nitrogen and oxygen atoms in total. The highest BCUT2D eigenvalue weighted by Gasteiger charge is 2.22. The van der Waals surface area contributed by atoms with Crippen LogP contribution < -0.4 is 9.62 Å². The molecule has 0 spiro atoms. The SMILES string of the molecule is CN(c1ccccc1)S(=O)(=O)c1cccc(NC(=O)CSc2nnnn2C[C@@H]2CCCO2)c1. The molecule has 1 aliphatic rings. The summed E-state index contributed by atoms with van der Waals surface area (Å²) in [6, 6.07) is 15.0. The molecule has 4 rings (SSSR count). The Balaban J connectivity index is 1.38. The number of para-hydroxylation sites is 1. The van der Waals surface area contributed by atoms with Crippen LogP contribution in [0.15, 0.2) is 64.6 Å². The van der Waals surface area contributed by atoms with Gasteiger partial charge in [0.25, 0.3) is 10.0 Å². The van der Waals surface area contributed by atoms with Gasteiger partial charge in [-0.1, -0.05) is 36.0 Å². The number of thioether (sulfide) groups is 1. The van der Waals surface area contributed by atoms with E-state index in [4.69, 9.17) is 4.74 Å². The summed E-state index contributed by atoms with van der Waals surface area (Å²) in [5, 5.41) is 14.9. The number of nitrogens with zero attached hydrogens (tertiary/aromatic N) is 5. The van der Waals surface area contributed by atoms with Gasteiger partial charge in [-0.15, -0.1) is 5.10 Å². The summed E-state index contributed by atoms with van der Waals surface area (Å²) in [4.78, 5) is 12.6. The molecule has 1 atom stereocenters. The molecule has 1 aromatic heterocycles. The second-order valence-corrected chi connectivity index (χ2v) is 10.4. The van der Waals surface area contributed by atoms with Gasteiger partial charge in [0, 0.05) is 19.3 Å². The van der Waals surface area contributed by atoms with E-state index in [1.807, 2.05) is 6.07 Å². The van der Waals surface area contributed by atoms with Crippen molar-refractivity contribution in [3.05, 3.63) is 54.6 Å². The maximum Gasteiger partial charge on any atom is 0.264 e. The number of benzene rings is 2. The fourth-order valence-corrected chi connectivity index (χ4v) is 5.32. The van der Waals surface area contributed by atoms with Crippen LogP contribution in [0.4, 0.5) is 11.4 Å². The smallest absolute Gasteiger partial charge is 0.264 e. The summed E-state index contributed by atoms with van der Waals surface area (Å²) in [5.41, 5.74) is 0.936. The van der Waals surface area contributed by atoms with Crippen LogP contribution in [0, 0.1) is 0 Å². The van der Waals surface area contributed by atoms with Crippen molar-refractivity contribution >= 4 is 39.1 Å². The number of aromatic nitrogens is 4. The number of amides is 1. The topological polar surface area (TPSA) is 119 Å². The van der Waals surface area contributed by atoms with E-state index in [9.17, 15) is 13.2 Å². The molecule has 1 fully saturated rings. The van der Waals surface area contributed by atoms with Crippen molar-refractivity contribution in [1.29, 1.82) is 0 Å². The van der Waals surface area contributed by atoms with Gasteiger partial charge in [-0.05, 0) is 53.6 Å². The maximum atomic E-state index is 13.0. The van der Waals surface area contributed by atoms with Crippen LogP contribution in [0.3, 0.4) is 0 Å². The van der Waals surface area contributed by atoms with E-state index in [0.29, 0.717) is 23.1 Å². The lowest BCUT2D eigenvalue weighted by atomic mass is 10.2. The summed E-state index contributed by atoms with van der Waals surface area (Å²) in [6.45, 7) is 1.29. The lowest BCUT2D eigenvalue weighted by Gasteiger charge is -2.19. The molecule has 2 aromatic carbocycles. The molecule has 1 N–H and O–H groups in total. The number of tetrazole rings is 1. The summed E-state index contributed by atoms with van der Waals surface area (Å²) in [7, 11) is -2.29. The maximum absolute atomic E-state index is 13.0. The lowest BCUT2D eigenvalue weighted by molar-refractivity contribution is -0.113. The normalized spacial score (nSPS) is 16.0. The molecule has 0 unspecified atom stereocenters. The number of nitrogens with one attached hydrogen (secondary N) is 1. The molecular weight excluding hydrogens is 464 g/mol. The first kappa shape index (κ1) is 23.2. The standard InChI is InChI=1S/C21H24N6O4S2/c1-26(17-8-3-2-4-9-17)33(29,30)19-11-5-7-16(13-19)22-20(28)15-32-21-23-24-25-27(21)14-18-10-6-12-31-18/h2-5,7-9,11,13,18H,6,10,12,14-15H2,1H3,(H,22,28)/t18-/m0/s1. The molecule has 12 heteroatoms. The minimum Gasteiger partial charge on any atom is -0.376 e. The third-order valence-electron chi connectivity index (χ3n) is 5.13. The second-order valence-electron chi connectivity index (χ2n) is 7.45. The van der Waals surface area contributed by atoms with Crippen LogP contribution in [0.2, 0.25) is 0 Å². The van der Waals surface area contributed by atoms with E-state index in [0.717, 1.165) is 19.4 Å². The van der Waals surface area contributed by atoms with Gasteiger partial charge in [0.1, 0.15) is 0 Å². The number of carbonyl (C=O) groups excluding carboxylic acids is 1. The van der Waals surface area contributed by atoms with Crippen molar-refractivity contribution in [2.75, 3.05) is 29.0 Å². The molecule has 0 aliphatic carbocycles. The first-order valence-electron chi connectivity index (χ1n) is 10.4. The van der Waals surface area contributed by atoms with Gasteiger partial charge in [-0.2, -0.15) is 0 Å². The van der Waals surface area contributed by atoms with E-state index in [1.165, 1.54) is 35.2 Å². The number of ether oxygens (including phenoxy) is 1. The predicted molar refractivity (Wildman–Crippen MR) is 125 cm³/mol. The number of hydrogen-bond donors (Lipinski definition) is 1. The highest BCUT2D eigenvalue weighted by atomic mass is 32.2. The molecule has 1 saturated heterocycles. The molecule has 0 radical (unpaired) electrons. The van der Waals surface area contributed by atoms with Crippen molar-refractivity contribution in [2.45, 2.75) is 35.5 Å². The van der Waals surface area contributed by atoms with E-state index in [1.54, 1.807) is 41.1 Å². The average Bonchev–Trinajstić information content (AvgIpc) is 3.50. The zero-order valence-electron chi connectivity index (χ0n) is 18.0. The Morgan fingerprint density at radius 3 is 2.82 bits per heavy atom. The third kappa shape index (κ3) is 5.70.